The van der Waals surface area contributed by atoms with E-state index < -0.39 is 12.2 Å². The maximum absolute atomic E-state index is 12.1. The number of halogens is 3. The van der Waals surface area contributed by atoms with Gasteiger partial charge in [0.15, 0.2) is 0 Å². The summed E-state index contributed by atoms with van der Waals surface area (Å²) in [7, 11) is 0. The lowest BCUT2D eigenvalue weighted by Gasteiger charge is -2.13. The Labute approximate surface area is 78.4 Å². The Morgan fingerprint density at radius 3 is 2.46 bits per heavy atom. The van der Waals surface area contributed by atoms with Gasteiger partial charge in [0.1, 0.15) is 6.04 Å². The van der Waals surface area contributed by atoms with Gasteiger partial charge in [-0.05, 0) is 18.6 Å². The van der Waals surface area contributed by atoms with Crippen molar-refractivity contribution in [2.24, 2.45) is 5.73 Å². The molecule has 5 heteroatoms. The molecule has 0 saturated carbocycles. The predicted octanol–water partition coefficient (Wildman–Crippen LogP) is 2.87. The SMILES string of the molecule is CCc1ccc(C(N)C(F)(F)F)s1. The fourth-order valence-corrected chi connectivity index (χ4v) is 1.89. The lowest BCUT2D eigenvalue weighted by Crippen LogP contribution is -2.27. The Morgan fingerprint density at radius 2 is 2.08 bits per heavy atom. The minimum atomic E-state index is -4.34. The number of thiophene rings is 1. The minimum absolute atomic E-state index is 0.185. The largest absolute Gasteiger partial charge is 0.408 e. The third-order valence-corrected chi connectivity index (χ3v) is 3.00. The average Bonchev–Trinajstić information content (AvgIpc) is 2.48. The molecule has 1 rings (SSSR count). The zero-order valence-corrected chi connectivity index (χ0v) is 7.88. The van der Waals surface area contributed by atoms with E-state index >= 15 is 0 Å². The van der Waals surface area contributed by atoms with Crippen molar-refractivity contribution in [3.8, 4) is 0 Å². The van der Waals surface area contributed by atoms with E-state index in [4.69, 9.17) is 5.73 Å². The number of rotatable bonds is 2. The molecular formula is C8H10F3NS. The first kappa shape index (κ1) is 10.5. The minimum Gasteiger partial charge on any atom is -0.316 e. The van der Waals surface area contributed by atoms with Crippen LogP contribution >= 0.6 is 11.3 Å². The van der Waals surface area contributed by atoms with Gasteiger partial charge < -0.3 is 5.73 Å². The molecule has 0 aliphatic heterocycles. The molecule has 1 unspecified atom stereocenters. The van der Waals surface area contributed by atoms with Gasteiger partial charge in [0, 0.05) is 9.75 Å². The van der Waals surface area contributed by atoms with E-state index in [2.05, 4.69) is 0 Å². The van der Waals surface area contributed by atoms with Crippen LogP contribution in [0.15, 0.2) is 12.1 Å². The van der Waals surface area contributed by atoms with Gasteiger partial charge in [0.05, 0.1) is 0 Å². The number of nitrogens with two attached hydrogens (primary N) is 1. The van der Waals surface area contributed by atoms with Crippen LogP contribution in [-0.2, 0) is 6.42 Å². The Bertz CT molecular complexity index is 279. The van der Waals surface area contributed by atoms with E-state index in [1.54, 1.807) is 6.07 Å². The van der Waals surface area contributed by atoms with Crippen molar-refractivity contribution < 1.29 is 13.2 Å². The second kappa shape index (κ2) is 3.67. The highest BCUT2D eigenvalue weighted by Crippen LogP contribution is 2.34. The van der Waals surface area contributed by atoms with Crippen LogP contribution in [0.25, 0.3) is 0 Å². The van der Waals surface area contributed by atoms with Crippen molar-refractivity contribution in [1.29, 1.82) is 0 Å². The quantitative estimate of drug-likeness (QED) is 0.796. The molecule has 1 aromatic rings. The van der Waals surface area contributed by atoms with Gasteiger partial charge in [0.2, 0.25) is 0 Å². The van der Waals surface area contributed by atoms with E-state index in [0.29, 0.717) is 0 Å². The van der Waals surface area contributed by atoms with Gasteiger partial charge in [-0.15, -0.1) is 11.3 Å². The van der Waals surface area contributed by atoms with Gasteiger partial charge in [-0.25, -0.2) is 0 Å². The molecule has 0 aliphatic carbocycles. The molecule has 0 aromatic carbocycles. The maximum atomic E-state index is 12.1. The lowest BCUT2D eigenvalue weighted by molar-refractivity contribution is -0.148. The second-order valence-corrected chi connectivity index (χ2v) is 3.88. The Balaban J connectivity index is 2.83. The molecule has 1 heterocycles. The molecule has 13 heavy (non-hydrogen) atoms. The fourth-order valence-electron chi connectivity index (χ4n) is 0.913. The Hall–Kier alpha value is -0.550. The third-order valence-electron chi connectivity index (χ3n) is 1.69. The first-order valence-electron chi connectivity index (χ1n) is 3.86. The Morgan fingerprint density at radius 1 is 1.46 bits per heavy atom. The van der Waals surface area contributed by atoms with Crippen LogP contribution in [0.5, 0.6) is 0 Å². The van der Waals surface area contributed by atoms with E-state index in [1.165, 1.54) is 6.07 Å². The van der Waals surface area contributed by atoms with Gasteiger partial charge in [-0.1, -0.05) is 6.92 Å². The third kappa shape index (κ3) is 2.45. The second-order valence-electron chi connectivity index (χ2n) is 2.68. The van der Waals surface area contributed by atoms with Crippen LogP contribution in [-0.4, -0.2) is 6.18 Å². The van der Waals surface area contributed by atoms with Crippen LogP contribution in [0.3, 0.4) is 0 Å². The topological polar surface area (TPSA) is 26.0 Å². The summed E-state index contributed by atoms with van der Waals surface area (Å²) in [6, 6.07) is 1.30. The summed E-state index contributed by atoms with van der Waals surface area (Å²) in [6.07, 6.45) is -3.59. The normalized spacial score (nSPS) is 14.5. The highest BCUT2D eigenvalue weighted by molar-refractivity contribution is 7.12. The summed E-state index contributed by atoms with van der Waals surface area (Å²) in [6.45, 7) is 1.90. The van der Waals surface area contributed by atoms with Crippen LogP contribution < -0.4 is 5.73 Å². The van der Waals surface area contributed by atoms with Gasteiger partial charge in [-0.3, -0.25) is 0 Å². The molecule has 0 amide bonds. The molecule has 1 atom stereocenters. The molecular weight excluding hydrogens is 199 g/mol. The highest BCUT2D eigenvalue weighted by atomic mass is 32.1. The van der Waals surface area contributed by atoms with Crippen molar-refractivity contribution in [3.05, 3.63) is 21.9 Å². The zero-order valence-electron chi connectivity index (χ0n) is 7.06. The molecule has 0 bridgehead atoms. The zero-order chi connectivity index (χ0) is 10.1. The molecule has 0 saturated heterocycles. The molecule has 0 aliphatic rings. The van der Waals surface area contributed by atoms with E-state index in [1.807, 2.05) is 6.92 Å². The van der Waals surface area contributed by atoms with Crippen molar-refractivity contribution in [2.75, 3.05) is 0 Å². The summed E-state index contributed by atoms with van der Waals surface area (Å²) in [5.41, 5.74) is 5.03. The van der Waals surface area contributed by atoms with E-state index in [-0.39, 0.29) is 4.88 Å². The van der Waals surface area contributed by atoms with Gasteiger partial charge in [0.25, 0.3) is 0 Å². The molecule has 0 fully saturated rings. The van der Waals surface area contributed by atoms with Crippen LogP contribution in [0.4, 0.5) is 13.2 Å². The van der Waals surface area contributed by atoms with Crippen molar-refractivity contribution in [2.45, 2.75) is 25.6 Å². The first-order chi connectivity index (χ1) is 5.95. The summed E-state index contributed by atoms with van der Waals surface area (Å²) < 4.78 is 36.4. The number of hydrogen-bond donors (Lipinski definition) is 1. The van der Waals surface area contributed by atoms with Crippen molar-refractivity contribution in [1.82, 2.24) is 0 Å². The Kier molecular flexibility index (Phi) is 2.98. The molecule has 2 N–H and O–H groups in total. The van der Waals surface area contributed by atoms with Crippen molar-refractivity contribution >= 4 is 11.3 Å². The smallest absolute Gasteiger partial charge is 0.316 e. The molecule has 1 nitrogen and oxygen atoms in total. The summed E-state index contributed by atoms with van der Waals surface area (Å²) in [4.78, 5) is 1.11. The lowest BCUT2D eigenvalue weighted by atomic mass is 10.2. The van der Waals surface area contributed by atoms with Crippen LogP contribution in [0.2, 0.25) is 0 Å². The first-order valence-corrected chi connectivity index (χ1v) is 4.67. The summed E-state index contributed by atoms with van der Waals surface area (Å²) in [5, 5.41) is 0. The fraction of sp³-hybridized carbons (Fsp3) is 0.500. The maximum Gasteiger partial charge on any atom is 0.408 e. The summed E-state index contributed by atoms with van der Waals surface area (Å²) >= 11 is 1.12. The van der Waals surface area contributed by atoms with Crippen LogP contribution in [0.1, 0.15) is 22.7 Å². The summed E-state index contributed by atoms with van der Waals surface area (Å²) in [5.74, 6) is 0. The predicted molar refractivity (Wildman–Crippen MR) is 46.7 cm³/mol. The monoisotopic (exact) mass is 209 g/mol. The van der Waals surface area contributed by atoms with Gasteiger partial charge >= 0.3 is 6.18 Å². The highest BCUT2D eigenvalue weighted by Gasteiger charge is 2.38. The molecule has 1 aromatic heterocycles. The number of aryl methyl sites for hydroxylation is 1. The van der Waals surface area contributed by atoms with Gasteiger partial charge in [-0.2, -0.15) is 13.2 Å². The molecule has 74 valence electrons. The van der Waals surface area contributed by atoms with E-state index in [0.717, 1.165) is 22.6 Å². The molecule has 0 radical (unpaired) electrons. The standard InChI is InChI=1S/C8H10F3NS/c1-2-5-3-4-6(13-5)7(12)8(9,10)11/h3-4,7H,2,12H2,1H3. The van der Waals surface area contributed by atoms with E-state index in [9.17, 15) is 13.2 Å². The molecule has 0 spiro atoms. The number of hydrogen-bond acceptors (Lipinski definition) is 2. The number of alkyl halides is 3. The van der Waals surface area contributed by atoms with Crippen molar-refractivity contribution in [3.63, 3.8) is 0 Å². The van der Waals surface area contributed by atoms with Crippen LogP contribution in [0, 0.1) is 0 Å². The average molecular weight is 209 g/mol.